The summed E-state index contributed by atoms with van der Waals surface area (Å²) in [5.74, 6) is 1.02. The molecule has 5 nitrogen and oxygen atoms in total. The molecule has 5 heteroatoms. The van der Waals surface area contributed by atoms with E-state index in [2.05, 4.69) is 24.9 Å². The van der Waals surface area contributed by atoms with E-state index in [0.717, 1.165) is 11.2 Å². The maximum atomic E-state index is 13.1. The Morgan fingerprint density at radius 1 is 1.17 bits per heavy atom. The van der Waals surface area contributed by atoms with Gasteiger partial charge in [0, 0.05) is 16.6 Å². The molecule has 4 rings (SSSR count). The Balaban J connectivity index is 1.52. The minimum Gasteiger partial charge on any atom is -0.481 e. The third kappa shape index (κ3) is 3.75. The number of fused-ring (bicyclic) bond motifs is 3. The number of H-pyrrole nitrogens is 1. The second-order valence-electron chi connectivity index (χ2n) is 8.12. The van der Waals surface area contributed by atoms with E-state index in [0.29, 0.717) is 24.6 Å². The maximum Gasteiger partial charge on any atom is 0.264 e. The number of nitrogens with zero attached hydrogens (tertiary/aromatic N) is 1. The maximum absolute atomic E-state index is 13.1. The van der Waals surface area contributed by atoms with Crippen LogP contribution in [0.3, 0.4) is 0 Å². The molecule has 1 aliphatic heterocycles. The van der Waals surface area contributed by atoms with Gasteiger partial charge in [0.25, 0.3) is 5.91 Å². The number of para-hydroxylation sites is 1. The summed E-state index contributed by atoms with van der Waals surface area (Å²) in [5, 5.41) is 11.1. The Morgan fingerprint density at radius 3 is 2.59 bits per heavy atom. The summed E-state index contributed by atoms with van der Waals surface area (Å²) >= 11 is 0. The molecule has 152 valence electrons. The predicted octanol–water partition coefficient (Wildman–Crippen LogP) is 4.00. The number of hydrogen-bond acceptors (Lipinski definition) is 3. The average molecular weight is 392 g/mol. The Kier molecular flexibility index (Phi) is 5.33. The smallest absolute Gasteiger partial charge is 0.264 e. The second kappa shape index (κ2) is 7.91. The number of benzene rings is 2. The fourth-order valence-electron chi connectivity index (χ4n) is 4.11. The summed E-state index contributed by atoms with van der Waals surface area (Å²) in [6.07, 6.45) is 0.0112. The van der Waals surface area contributed by atoms with Gasteiger partial charge in [-0.2, -0.15) is 0 Å². The van der Waals surface area contributed by atoms with Gasteiger partial charge in [0.2, 0.25) is 0 Å². The summed E-state index contributed by atoms with van der Waals surface area (Å²) in [7, 11) is 0. The lowest BCUT2D eigenvalue weighted by Crippen LogP contribution is -2.50. The van der Waals surface area contributed by atoms with Crippen LogP contribution in [-0.4, -0.2) is 39.7 Å². The van der Waals surface area contributed by atoms with Crippen molar-refractivity contribution in [3.05, 3.63) is 65.4 Å². The van der Waals surface area contributed by atoms with Crippen molar-refractivity contribution in [3.63, 3.8) is 0 Å². The highest BCUT2D eigenvalue weighted by Crippen LogP contribution is 2.31. The number of ether oxygens (including phenoxy) is 1. The first kappa shape index (κ1) is 19.5. The van der Waals surface area contributed by atoms with Crippen LogP contribution in [0.15, 0.2) is 48.5 Å². The van der Waals surface area contributed by atoms with Crippen LogP contribution in [0.25, 0.3) is 10.9 Å². The van der Waals surface area contributed by atoms with Gasteiger partial charge in [-0.15, -0.1) is 0 Å². The highest BCUT2D eigenvalue weighted by molar-refractivity contribution is 5.86. The quantitative estimate of drug-likeness (QED) is 0.690. The normalized spacial score (nSPS) is 17.4. The zero-order valence-electron chi connectivity index (χ0n) is 17.2. The summed E-state index contributed by atoms with van der Waals surface area (Å²) in [5.41, 5.74) is 4.54. The highest BCUT2D eigenvalue weighted by Gasteiger charge is 2.34. The zero-order valence-corrected chi connectivity index (χ0v) is 17.2. The van der Waals surface area contributed by atoms with Crippen molar-refractivity contribution >= 4 is 16.8 Å². The van der Waals surface area contributed by atoms with Gasteiger partial charge in [0.1, 0.15) is 5.75 Å². The third-order valence-electron chi connectivity index (χ3n) is 5.81. The molecule has 29 heavy (non-hydrogen) atoms. The van der Waals surface area contributed by atoms with E-state index in [1.165, 1.54) is 16.5 Å². The zero-order chi connectivity index (χ0) is 20.5. The van der Waals surface area contributed by atoms with Crippen molar-refractivity contribution in [2.24, 2.45) is 0 Å². The molecule has 0 bridgehead atoms. The largest absolute Gasteiger partial charge is 0.481 e. The highest BCUT2D eigenvalue weighted by atomic mass is 16.5. The molecule has 1 amide bonds. The van der Waals surface area contributed by atoms with Crippen LogP contribution in [0.4, 0.5) is 0 Å². The summed E-state index contributed by atoms with van der Waals surface area (Å²) < 4.78 is 5.92. The van der Waals surface area contributed by atoms with E-state index in [9.17, 15) is 9.90 Å². The van der Waals surface area contributed by atoms with Crippen molar-refractivity contribution in [1.82, 2.24) is 9.88 Å². The van der Waals surface area contributed by atoms with Crippen molar-refractivity contribution in [3.8, 4) is 5.75 Å². The number of amides is 1. The molecule has 1 aromatic heterocycles. The first-order valence-electron chi connectivity index (χ1n) is 10.2. The molecule has 3 aromatic rings. The van der Waals surface area contributed by atoms with E-state index >= 15 is 0 Å². The molecule has 0 fully saturated rings. The lowest BCUT2D eigenvalue weighted by Gasteiger charge is -2.36. The first-order chi connectivity index (χ1) is 14.0. The molecule has 0 saturated heterocycles. The van der Waals surface area contributed by atoms with E-state index < -0.39 is 6.10 Å². The van der Waals surface area contributed by atoms with Crippen LogP contribution >= 0.6 is 0 Å². The van der Waals surface area contributed by atoms with Crippen LogP contribution in [0.1, 0.15) is 43.5 Å². The molecular weight excluding hydrogens is 364 g/mol. The SMILES string of the molecule is CC(Oc1ccc(C(C)C)cc1)C(=O)N1Cc2[nH]c3ccccc3c2CC1CO. The van der Waals surface area contributed by atoms with Crippen molar-refractivity contribution in [2.75, 3.05) is 6.61 Å². The second-order valence-corrected chi connectivity index (χ2v) is 8.12. The van der Waals surface area contributed by atoms with Gasteiger partial charge in [-0.3, -0.25) is 4.79 Å². The van der Waals surface area contributed by atoms with Gasteiger partial charge in [-0.25, -0.2) is 0 Å². The van der Waals surface area contributed by atoms with Gasteiger partial charge < -0.3 is 19.7 Å². The molecule has 2 N–H and O–H groups in total. The number of carbonyl (C=O) groups is 1. The Bertz CT molecular complexity index is 1010. The van der Waals surface area contributed by atoms with E-state index in [-0.39, 0.29) is 18.6 Å². The fourth-order valence-corrected chi connectivity index (χ4v) is 4.11. The molecule has 2 atom stereocenters. The molecule has 1 aliphatic rings. The summed E-state index contributed by atoms with van der Waals surface area (Å²) in [4.78, 5) is 18.3. The number of carbonyl (C=O) groups excluding carboxylic acids is 1. The monoisotopic (exact) mass is 392 g/mol. The predicted molar refractivity (Wildman–Crippen MR) is 114 cm³/mol. The molecule has 2 aromatic carbocycles. The van der Waals surface area contributed by atoms with Gasteiger partial charge >= 0.3 is 0 Å². The molecule has 0 saturated carbocycles. The molecule has 0 aliphatic carbocycles. The number of hydrogen-bond donors (Lipinski definition) is 2. The number of aliphatic hydroxyl groups excluding tert-OH is 1. The molecule has 0 radical (unpaired) electrons. The van der Waals surface area contributed by atoms with E-state index in [1.807, 2.05) is 42.5 Å². The average Bonchev–Trinajstić information content (AvgIpc) is 3.10. The number of aromatic amines is 1. The van der Waals surface area contributed by atoms with E-state index in [4.69, 9.17) is 4.74 Å². The Hall–Kier alpha value is -2.79. The van der Waals surface area contributed by atoms with Crippen molar-refractivity contribution in [1.29, 1.82) is 0 Å². The van der Waals surface area contributed by atoms with Crippen LogP contribution < -0.4 is 4.74 Å². The Morgan fingerprint density at radius 2 is 1.90 bits per heavy atom. The topological polar surface area (TPSA) is 65.6 Å². The van der Waals surface area contributed by atoms with Crippen molar-refractivity contribution < 1.29 is 14.6 Å². The lowest BCUT2D eigenvalue weighted by molar-refractivity contribution is -0.142. The van der Waals surface area contributed by atoms with Gasteiger partial charge in [-0.1, -0.05) is 44.2 Å². The number of nitrogens with one attached hydrogen (secondary N) is 1. The van der Waals surface area contributed by atoms with Gasteiger partial charge in [0.15, 0.2) is 6.10 Å². The first-order valence-corrected chi connectivity index (χ1v) is 10.2. The van der Waals surface area contributed by atoms with Gasteiger partial charge in [-0.05, 0) is 48.6 Å². The van der Waals surface area contributed by atoms with Crippen molar-refractivity contribution in [2.45, 2.75) is 51.8 Å². The molecule has 2 heterocycles. The van der Waals surface area contributed by atoms with Crippen LogP contribution in [0.2, 0.25) is 0 Å². The van der Waals surface area contributed by atoms with Crippen LogP contribution in [0, 0.1) is 0 Å². The van der Waals surface area contributed by atoms with E-state index in [1.54, 1.807) is 11.8 Å². The summed E-state index contributed by atoms with van der Waals surface area (Å²) in [6, 6.07) is 15.8. The molecule has 0 spiro atoms. The third-order valence-corrected chi connectivity index (χ3v) is 5.81. The number of aromatic nitrogens is 1. The minimum atomic E-state index is -0.625. The Labute approximate surface area is 171 Å². The minimum absolute atomic E-state index is 0.0690. The van der Waals surface area contributed by atoms with Crippen LogP contribution in [-0.2, 0) is 17.8 Å². The summed E-state index contributed by atoms with van der Waals surface area (Å²) in [6.45, 7) is 6.44. The fraction of sp³-hybridized carbons (Fsp3) is 0.375. The van der Waals surface area contributed by atoms with Gasteiger partial charge in [0.05, 0.1) is 19.2 Å². The number of aliphatic hydroxyl groups is 1. The lowest BCUT2D eigenvalue weighted by atomic mass is 9.96. The standard InChI is InChI=1S/C24H28N2O3/c1-15(2)17-8-10-19(11-9-17)29-16(3)24(28)26-13-23-21(12-18(26)14-27)20-6-4-5-7-22(20)25-23/h4-11,15-16,18,25,27H,12-14H2,1-3H3. The molecular formula is C24H28N2O3. The number of rotatable bonds is 5. The molecule has 2 unspecified atom stereocenters. The van der Waals surface area contributed by atoms with Crippen LogP contribution in [0.5, 0.6) is 5.75 Å².